The third-order valence-electron chi connectivity index (χ3n) is 3.82. The number of aromatic nitrogens is 1. The highest BCUT2D eigenvalue weighted by Crippen LogP contribution is 2.28. The molecule has 0 bridgehead atoms. The molecule has 0 spiro atoms. The summed E-state index contributed by atoms with van der Waals surface area (Å²) < 4.78 is 5.43. The molecule has 1 aliphatic heterocycles. The van der Waals surface area contributed by atoms with E-state index in [1.807, 2.05) is 0 Å². The number of fused-ring (bicyclic) bond motifs is 1. The highest BCUT2D eigenvalue weighted by molar-refractivity contribution is 5.22. The Morgan fingerprint density at radius 2 is 2.19 bits per heavy atom. The van der Waals surface area contributed by atoms with E-state index in [0.717, 1.165) is 36.9 Å². The van der Waals surface area contributed by atoms with E-state index in [1.165, 1.54) is 32.2 Å². The van der Waals surface area contributed by atoms with Crippen molar-refractivity contribution in [1.82, 2.24) is 9.88 Å². The highest BCUT2D eigenvalue weighted by Gasteiger charge is 2.24. The summed E-state index contributed by atoms with van der Waals surface area (Å²) in [6.45, 7) is 3.23. The van der Waals surface area contributed by atoms with Crippen LogP contribution in [0.25, 0.3) is 0 Å². The first-order valence-corrected chi connectivity index (χ1v) is 6.27. The minimum Gasteiger partial charge on any atom is -0.427 e. The number of rotatable bonds is 2. The van der Waals surface area contributed by atoms with Crippen molar-refractivity contribution in [2.24, 2.45) is 5.92 Å². The Balaban J connectivity index is 1.63. The second-order valence-corrected chi connectivity index (χ2v) is 5.06. The van der Waals surface area contributed by atoms with Gasteiger partial charge in [0.1, 0.15) is 5.76 Å². The van der Waals surface area contributed by atoms with E-state index in [9.17, 15) is 0 Å². The Kier molecular flexibility index (Phi) is 2.59. The Morgan fingerprint density at radius 3 is 3.00 bits per heavy atom. The van der Waals surface area contributed by atoms with E-state index in [0.29, 0.717) is 6.01 Å². The van der Waals surface area contributed by atoms with Crippen LogP contribution < -0.4 is 5.73 Å². The van der Waals surface area contributed by atoms with Crippen LogP contribution in [-0.2, 0) is 13.0 Å². The zero-order chi connectivity index (χ0) is 11.0. The highest BCUT2D eigenvalue weighted by atomic mass is 16.4. The Hall–Kier alpha value is -1.03. The van der Waals surface area contributed by atoms with Crippen molar-refractivity contribution >= 4 is 6.01 Å². The molecule has 2 heterocycles. The van der Waals surface area contributed by atoms with Crippen LogP contribution in [0.5, 0.6) is 0 Å². The van der Waals surface area contributed by atoms with Gasteiger partial charge in [-0.1, -0.05) is 12.8 Å². The van der Waals surface area contributed by atoms with Crippen molar-refractivity contribution in [2.45, 2.75) is 38.6 Å². The van der Waals surface area contributed by atoms with Gasteiger partial charge in [-0.2, -0.15) is 4.98 Å². The molecule has 0 saturated heterocycles. The molecule has 3 rings (SSSR count). The van der Waals surface area contributed by atoms with Crippen molar-refractivity contribution in [1.29, 1.82) is 0 Å². The van der Waals surface area contributed by atoms with Gasteiger partial charge in [-0.05, 0) is 18.8 Å². The topological polar surface area (TPSA) is 55.3 Å². The third-order valence-corrected chi connectivity index (χ3v) is 3.82. The van der Waals surface area contributed by atoms with Gasteiger partial charge in [0, 0.05) is 19.5 Å². The number of nitrogens with zero attached hydrogens (tertiary/aromatic N) is 2. The molecule has 2 aliphatic rings. The van der Waals surface area contributed by atoms with Crippen molar-refractivity contribution in [2.75, 3.05) is 18.8 Å². The van der Waals surface area contributed by atoms with Crippen molar-refractivity contribution in [3.63, 3.8) is 0 Å². The maximum Gasteiger partial charge on any atom is 0.292 e. The maximum atomic E-state index is 5.57. The Labute approximate surface area is 95.8 Å². The molecule has 88 valence electrons. The third kappa shape index (κ3) is 1.94. The van der Waals surface area contributed by atoms with Crippen LogP contribution in [0.15, 0.2) is 4.42 Å². The first-order chi connectivity index (χ1) is 7.81. The fourth-order valence-corrected chi connectivity index (χ4v) is 2.98. The fourth-order valence-electron chi connectivity index (χ4n) is 2.98. The van der Waals surface area contributed by atoms with Gasteiger partial charge in [-0.15, -0.1) is 0 Å². The number of hydrogen-bond donors (Lipinski definition) is 1. The summed E-state index contributed by atoms with van der Waals surface area (Å²) in [5, 5.41) is 0. The first-order valence-electron chi connectivity index (χ1n) is 6.27. The van der Waals surface area contributed by atoms with Crippen LogP contribution in [0.2, 0.25) is 0 Å². The molecule has 0 unspecified atom stereocenters. The van der Waals surface area contributed by atoms with E-state index in [4.69, 9.17) is 10.2 Å². The number of anilines is 1. The Bertz CT molecular complexity index is 368. The van der Waals surface area contributed by atoms with Crippen LogP contribution >= 0.6 is 0 Å². The average molecular weight is 221 g/mol. The van der Waals surface area contributed by atoms with Gasteiger partial charge < -0.3 is 10.2 Å². The molecule has 1 saturated carbocycles. The van der Waals surface area contributed by atoms with Crippen LogP contribution in [0.1, 0.15) is 37.1 Å². The molecule has 1 aromatic rings. The average Bonchev–Trinajstić information content (AvgIpc) is 2.85. The number of nitrogen functional groups attached to an aromatic ring is 1. The zero-order valence-corrected chi connectivity index (χ0v) is 9.61. The van der Waals surface area contributed by atoms with Crippen LogP contribution in [0, 0.1) is 5.92 Å². The number of oxazole rings is 1. The quantitative estimate of drug-likeness (QED) is 0.827. The van der Waals surface area contributed by atoms with E-state index in [-0.39, 0.29) is 0 Å². The minimum atomic E-state index is 0.327. The molecular weight excluding hydrogens is 202 g/mol. The molecule has 4 heteroatoms. The van der Waals surface area contributed by atoms with Gasteiger partial charge in [0.15, 0.2) is 0 Å². The summed E-state index contributed by atoms with van der Waals surface area (Å²) >= 11 is 0. The molecular formula is C12H19N3O. The number of hydrogen-bond acceptors (Lipinski definition) is 4. The summed E-state index contributed by atoms with van der Waals surface area (Å²) in [6.07, 6.45) is 6.63. The molecule has 1 aliphatic carbocycles. The molecule has 0 atom stereocenters. The number of nitrogens with two attached hydrogens (primary N) is 1. The second kappa shape index (κ2) is 4.09. The van der Waals surface area contributed by atoms with Gasteiger partial charge in [0.2, 0.25) is 0 Å². The van der Waals surface area contributed by atoms with E-state index in [1.54, 1.807) is 0 Å². The van der Waals surface area contributed by atoms with Gasteiger partial charge in [-0.3, -0.25) is 4.90 Å². The second-order valence-electron chi connectivity index (χ2n) is 5.06. The van der Waals surface area contributed by atoms with E-state index in [2.05, 4.69) is 9.88 Å². The van der Waals surface area contributed by atoms with Crippen molar-refractivity contribution in [3.05, 3.63) is 11.5 Å². The molecule has 1 aromatic heterocycles. The van der Waals surface area contributed by atoms with E-state index >= 15 is 0 Å². The summed E-state index contributed by atoms with van der Waals surface area (Å²) in [4.78, 5) is 6.69. The van der Waals surface area contributed by atoms with Gasteiger partial charge in [0.05, 0.1) is 12.2 Å². The van der Waals surface area contributed by atoms with Gasteiger partial charge in [-0.25, -0.2) is 0 Å². The van der Waals surface area contributed by atoms with Crippen molar-refractivity contribution in [3.8, 4) is 0 Å². The molecule has 0 amide bonds. The summed E-state index contributed by atoms with van der Waals surface area (Å²) in [7, 11) is 0. The predicted octanol–water partition coefficient (Wildman–Crippen LogP) is 1.81. The van der Waals surface area contributed by atoms with Gasteiger partial charge in [0.25, 0.3) is 6.01 Å². The molecule has 4 nitrogen and oxygen atoms in total. The van der Waals surface area contributed by atoms with Crippen LogP contribution in [0.3, 0.4) is 0 Å². The lowest BCUT2D eigenvalue weighted by molar-refractivity contribution is 0.197. The maximum absolute atomic E-state index is 5.57. The van der Waals surface area contributed by atoms with Gasteiger partial charge >= 0.3 is 0 Å². The summed E-state index contributed by atoms with van der Waals surface area (Å²) in [5.74, 6) is 1.89. The lowest BCUT2D eigenvalue weighted by Gasteiger charge is -2.27. The molecule has 16 heavy (non-hydrogen) atoms. The largest absolute Gasteiger partial charge is 0.427 e. The smallest absolute Gasteiger partial charge is 0.292 e. The standard InChI is InChI=1S/C12H19N3O/c13-12-14-10-5-6-15(8-11(10)16-12)7-9-3-1-2-4-9/h9H,1-8H2,(H2,13,14). The van der Waals surface area contributed by atoms with E-state index < -0.39 is 0 Å². The van der Waals surface area contributed by atoms with Crippen molar-refractivity contribution < 1.29 is 4.42 Å². The first kappa shape index (κ1) is 10.1. The van der Waals surface area contributed by atoms with Crippen LogP contribution in [0.4, 0.5) is 6.01 Å². The predicted molar refractivity (Wildman–Crippen MR) is 61.9 cm³/mol. The SMILES string of the molecule is Nc1nc2c(o1)CN(CC1CCCC1)CC2. The zero-order valence-electron chi connectivity index (χ0n) is 9.61. The molecule has 1 fully saturated rings. The fraction of sp³-hybridized carbons (Fsp3) is 0.750. The molecule has 0 aromatic carbocycles. The summed E-state index contributed by atoms with van der Waals surface area (Å²) in [6, 6.07) is 0.327. The lowest BCUT2D eigenvalue weighted by atomic mass is 10.1. The lowest BCUT2D eigenvalue weighted by Crippen LogP contribution is -2.33. The molecule has 0 radical (unpaired) electrons. The van der Waals surface area contributed by atoms with Crippen LogP contribution in [-0.4, -0.2) is 23.0 Å². The molecule has 2 N–H and O–H groups in total. The Morgan fingerprint density at radius 1 is 1.38 bits per heavy atom. The summed E-state index contributed by atoms with van der Waals surface area (Å²) in [5.41, 5.74) is 6.64. The normalized spacial score (nSPS) is 22.5. The monoisotopic (exact) mass is 221 g/mol. The minimum absolute atomic E-state index is 0.327.